The van der Waals surface area contributed by atoms with E-state index < -0.39 is 39.6 Å². The fourth-order valence-electron chi connectivity index (χ4n) is 6.48. The molecule has 2 aliphatic rings. The normalized spacial score (nSPS) is 19.1. The van der Waals surface area contributed by atoms with Gasteiger partial charge in [0.25, 0.3) is 0 Å². The SMILES string of the molecule is COCC[C@H]1c2cccc(F)c2-c2c(C)c(C3=CCC(C)(C)CC3)c([C@H](OC(C)(C)C)C(=O)O)c(C)c2N1S(C)(=O)=O. The molecule has 0 spiro atoms. The van der Waals surface area contributed by atoms with Gasteiger partial charge in [-0.3, -0.25) is 4.31 Å². The van der Waals surface area contributed by atoms with Gasteiger partial charge in [-0.1, -0.05) is 32.1 Å². The molecule has 2 atom stereocenters. The molecule has 0 unspecified atom stereocenters. The average molecular weight is 602 g/mol. The largest absolute Gasteiger partial charge is 0.479 e. The lowest BCUT2D eigenvalue weighted by Gasteiger charge is -2.42. The molecule has 1 aliphatic heterocycles. The second-order valence-corrected chi connectivity index (χ2v) is 15.2. The Bertz CT molecular complexity index is 1540. The van der Waals surface area contributed by atoms with Gasteiger partial charge in [-0.25, -0.2) is 17.6 Å². The van der Waals surface area contributed by atoms with Crippen LogP contribution in [0, 0.1) is 25.1 Å². The molecule has 2 aromatic carbocycles. The molecule has 0 saturated carbocycles. The second-order valence-electron chi connectivity index (χ2n) is 13.4. The van der Waals surface area contributed by atoms with Gasteiger partial charge < -0.3 is 14.6 Å². The van der Waals surface area contributed by atoms with Crippen molar-refractivity contribution < 1.29 is 32.2 Å². The molecule has 42 heavy (non-hydrogen) atoms. The summed E-state index contributed by atoms with van der Waals surface area (Å²) in [6.07, 6.45) is 4.60. The molecular weight excluding hydrogens is 557 g/mol. The molecule has 0 saturated heterocycles. The number of ether oxygens (including phenoxy) is 2. The lowest BCUT2D eigenvalue weighted by molar-refractivity contribution is -0.160. The summed E-state index contributed by atoms with van der Waals surface area (Å²) in [4.78, 5) is 12.9. The minimum absolute atomic E-state index is 0.0926. The molecule has 0 amide bonds. The number of aliphatic carboxylic acids is 1. The van der Waals surface area contributed by atoms with E-state index >= 15 is 4.39 Å². The van der Waals surface area contributed by atoms with E-state index in [0.29, 0.717) is 51.1 Å². The molecule has 1 heterocycles. The maximum Gasteiger partial charge on any atom is 0.337 e. The highest BCUT2D eigenvalue weighted by atomic mass is 32.2. The van der Waals surface area contributed by atoms with Crippen LogP contribution in [0.25, 0.3) is 16.7 Å². The molecule has 4 rings (SSSR count). The van der Waals surface area contributed by atoms with Crippen molar-refractivity contribution >= 4 is 27.3 Å². The molecule has 2 aromatic rings. The summed E-state index contributed by atoms with van der Waals surface area (Å²) in [5, 5.41) is 10.6. The van der Waals surface area contributed by atoms with Crippen LogP contribution in [-0.4, -0.2) is 45.1 Å². The minimum Gasteiger partial charge on any atom is -0.479 e. The Morgan fingerprint density at radius 1 is 1.17 bits per heavy atom. The zero-order chi connectivity index (χ0) is 31.4. The minimum atomic E-state index is -3.91. The number of rotatable bonds is 8. The van der Waals surface area contributed by atoms with E-state index in [1.807, 2.05) is 6.92 Å². The first-order chi connectivity index (χ1) is 19.4. The third-order valence-electron chi connectivity index (χ3n) is 8.38. The average Bonchev–Trinajstić information content (AvgIpc) is 2.86. The van der Waals surface area contributed by atoms with Crippen LogP contribution in [0.15, 0.2) is 24.3 Å². The van der Waals surface area contributed by atoms with Crippen molar-refractivity contribution in [1.29, 1.82) is 0 Å². The van der Waals surface area contributed by atoms with Crippen LogP contribution in [-0.2, 0) is 24.3 Å². The third kappa shape index (κ3) is 6.01. The smallest absolute Gasteiger partial charge is 0.337 e. The highest BCUT2D eigenvalue weighted by Gasteiger charge is 2.43. The first-order valence-electron chi connectivity index (χ1n) is 14.4. The molecule has 230 valence electrons. The molecule has 1 N–H and O–H groups in total. The fourth-order valence-corrected chi connectivity index (χ4v) is 7.72. The van der Waals surface area contributed by atoms with Crippen LogP contribution in [0.5, 0.6) is 0 Å². The zero-order valence-corrected chi connectivity index (χ0v) is 27.0. The van der Waals surface area contributed by atoms with Crippen molar-refractivity contribution in [3.63, 3.8) is 0 Å². The van der Waals surface area contributed by atoms with E-state index in [9.17, 15) is 18.3 Å². The Labute approximate surface area is 249 Å². The first-order valence-corrected chi connectivity index (χ1v) is 16.3. The maximum absolute atomic E-state index is 15.9. The van der Waals surface area contributed by atoms with Gasteiger partial charge >= 0.3 is 5.97 Å². The Kier molecular flexibility index (Phi) is 8.73. The molecular formula is C33H44FNO6S. The number of hydrogen-bond donors (Lipinski definition) is 1. The van der Waals surface area contributed by atoms with Crippen molar-refractivity contribution in [2.45, 2.75) is 91.9 Å². The molecule has 0 fully saturated rings. The summed E-state index contributed by atoms with van der Waals surface area (Å²) in [6, 6.07) is 4.02. The van der Waals surface area contributed by atoms with Gasteiger partial charge in [-0.15, -0.1) is 0 Å². The van der Waals surface area contributed by atoms with Crippen LogP contribution in [0.2, 0.25) is 0 Å². The number of carboxylic acid groups (broad SMARTS) is 1. The van der Waals surface area contributed by atoms with Crippen molar-refractivity contribution in [3.8, 4) is 11.1 Å². The Morgan fingerprint density at radius 2 is 1.83 bits per heavy atom. The van der Waals surface area contributed by atoms with E-state index in [4.69, 9.17) is 9.47 Å². The first kappa shape index (κ1) is 32.2. The molecule has 0 bridgehead atoms. The summed E-state index contributed by atoms with van der Waals surface area (Å²) < 4.78 is 56.0. The van der Waals surface area contributed by atoms with Gasteiger partial charge in [0, 0.05) is 30.4 Å². The number of sulfonamides is 1. The topological polar surface area (TPSA) is 93.1 Å². The molecule has 7 nitrogen and oxygen atoms in total. The van der Waals surface area contributed by atoms with E-state index in [-0.39, 0.29) is 18.4 Å². The monoisotopic (exact) mass is 601 g/mol. The molecule has 0 radical (unpaired) electrons. The number of nitrogens with zero attached hydrogens (tertiary/aromatic N) is 1. The number of anilines is 1. The lowest BCUT2D eigenvalue weighted by Crippen LogP contribution is -2.39. The number of allylic oxidation sites excluding steroid dienone is 2. The Hall–Kier alpha value is -2.75. The van der Waals surface area contributed by atoms with Crippen LogP contribution < -0.4 is 4.31 Å². The van der Waals surface area contributed by atoms with Crippen molar-refractivity contribution in [2.24, 2.45) is 5.41 Å². The summed E-state index contributed by atoms with van der Waals surface area (Å²) in [6.45, 7) is 13.6. The van der Waals surface area contributed by atoms with E-state index in [0.717, 1.165) is 24.7 Å². The lowest BCUT2D eigenvalue weighted by atomic mass is 9.73. The van der Waals surface area contributed by atoms with Crippen LogP contribution in [0.3, 0.4) is 0 Å². The number of hydrogen-bond acceptors (Lipinski definition) is 5. The number of benzene rings is 2. The van der Waals surface area contributed by atoms with E-state index in [2.05, 4.69) is 19.9 Å². The maximum atomic E-state index is 15.9. The predicted octanol–water partition coefficient (Wildman–Crippen LogP) is 7.50. The van der Waals surface area contributed by atoms with Crippen LogP contribution in [0.4, 0.5) is 10.1 Å². The number of fused-ring (bicyclic) bond motifs is 3. The van der Waals surface area contributed by atoms with Gasteiger partial charge in [0.2, 0.25) is 10.0 Å². The number of carbonyl (C=O) groups is 1. The predicted molar refractivity (Wildman–Crippen MR) is 165 cm³/mol. The third-order valence-corrected chi connectivity index (χ3v) is 9.53. The highest BCUT2D eigenvalue weighted by Crippen LogP contribution is 2.55. The summed E-state index contributed by atoms with van der Waals surface area (Å²) in [7, 11) is -2.38. The Morgan fingerprint density at radius 3 is 2.36 bits per heavy atom. The number of halogens is 1. The summed E-state index contributed by atoms with van der Waals surface area (Å²) in [5.41, 5.74) is 4.16. The quantitative estimate of drug-likeness (QED) is 0.337. The van der Waals surface area contributed by atoms with Crippen molar-refractivity contribution in [1.82, 2.24) is 0 Å². The molecule has 0 aromatic heterocycles. The van der Waals surface area contributed by atoms with E-state index in [1.54, 1.807) is 39.8 Å². The van der Waals surface area contributed by atoms with Crippen LogP contribution >= 0.6 is 0 Å². The van der Waals surface area contributed by atoms with Gasteiger partial charge in [0.15, 0.2) is 6.10 Å². The second kappa shape index (κ2) is 11.4. The van der Waals surface area contributed by atoms with Crippen molar-refractivity contribution in [2.75, 3.05) is 24.3 Å². The van der Waals surface area contributed by atoms with E-state index in [1.165, 1.54) is 17.5 Å². The summed E-state index contributed by atoms with van der Waals surface area (Å²) >= 11 is 0. The zero-order valence-electron chi connectivity index (χ0n) is 26.2. The number of carboxylic acids is 1. The van der Waals surface area contributed by atoms with Gasteiger partial charge in [-0.2, -0.15) is 0 Å². The van der Waals surface area contributed by atoms with Gasteiger partial charge in [0.05, 0.1) is 23.6 Å². The standard InChI is InChI=1S/C33H44FNO6S/c1-19-25(21-13-16-33(6,7)17-14-21)27(30(31(36)37)41-32(3,4)5)20(2)29-26(19)28-22(11-10-12-23(28)34)24(15-18-40-8)35(29)42(9,38)39/h10-13,24,30H,14-18H2,1-9H3,(H,36,37)/t24-,30-/m0/s1. The van der Waals surface area contributed by atoms with Crippen LogP contribution in [0.1, 0.15) is 100 Å². The highest BCUT2D eigenvalue weighted by molar-refractivity contribution is 7.92. The fraction of sp³-hybridized carbons (Fsp3) is 0.545. The van der Waals surface area contributed by atoms with Crippen molar-refractivity contribution in [3.05, 3.63) is 57.9 Å². The molecule has 9 heteroatoms. The van der Waals surface area contributed by atoms with Gasteiger partial charge in [-0.05, 0) is 99.6 Å². The molecule has 1 aliphatic carbocycles. The number of methoxy groups -OCH3 is 1. The Balaban J connectivity index is 2.21. The summed E-state index contributed by atoms with van der Waals surface area (Å²) in [5.74, 6) is -1.63. The van der Waals surface area contributed by atoms with Gasteiger partial charge in [0.1, 0.15) is 5.82 Å².